The van der Waals surface area contributed by atoms with Crippen molar-refractivity contribution in [3.8, 4) is 11.5 Å². The van der Waals surface area contributed by atoms with Gasteiger partial charge >= 0.3 is 0 Å². The summed E-state index contributed by atoms with van der Waals surface area (Å²) in [5.74, 6) is -1.10. The lowest BCUT2D eigenvalue weighted by molar-refractivity contribution is -0.122. The van der Waals surface area contributed by atoms with E-state index in [0.29, 0.717) is 35.7 Å². The van der Waals surface area contributed by atoms with Crippen LogP contribution in [0.3, 0.4) is 0 Å². The van der Waals surface area contributed by atoms with E-state index < -0.39 is 17.8 Å². The maximum atomic E-state index is 14.2. The molecular formula is C31H32N4O4. The zero-order chi connectivity index (χ0) is 27.5. The molecule has 39 heavy (non-hydrogen) atoms. The summed E-state index contributed by atoms with van der Waals surface area (Å²) in [4.78, 5) is 28.3. The second-order valence-corrected chi connectivity index (χ2v) is 9.46. The normalized spacial score (nSPS) is 19.7. The van der Waals surface area contributed by atoms with Crippen LogP contribution in [0, 0.1) is 11.8 Å². The Morgan fingerprint density at radius 3 is 1.56 bits per heavy atom. The highest BCUT2D eigenvalue weighted by Gasteiger charge is 2.51. The molecule has 8 heteroatoms. The Bertz CT molecular complexity index is 1340. The number of rotatable bonds is 9. The number of hydrazone groups is 2. The van der Waals surface area contributed by atoms with Crippen molar-refractivity contribution in [2.45, 2.75) is 32.6 Å². The lowest BCUT2D eigenvalue weighted by atomic mass is 9.71. The summed E-state index contributed by atoms with van der Waals surface area (Å²) in [5, 5.41) is 12.5. The van der Waals surface area contributed by atoms with Gasteiger partial charge in [0.1, 0.15) is 0 Å². The average Bonchev–Trinajstić information content (AvgIpc) is 3.50. The summed E-state index contributed by atoms with van der Waals surface area (Å²) >= 11 is 0. The van der Waals surface area contributed by atoms with E-state index in [2.05, 4.69) is 0 Å². The maximum absolute atomic E-state index is 14.2. The topological polar surface area (TPSA) is 83.8 Å². The Kier molecular flexibility index (Phi) is 7.45. The predicted octanol–water partition coefficient (Wildman–Crippen LogP) is 5.65. The Morgan fingerprint density at radius 2 is 1.15 bits per heavy atom. The van der Waals surface area contributed by atoms with Crippen LogP contribution >= 0.6 is 0 Å². The SMILES string of the molecule is CCC1=NN(c2ccccc2)C(=O)C1C(c1ccc(OC)c(OC)c1)C1C(=O)N(c2ccccc2)N=C1CC. The molecule has 0 aliphatic carbocycles. The van der Waals surface area contributed by atoms with Gasteiger partial charge in [0.05, 0.1) is 48.9 Å². The fraction of sp³-hybridized carbons (Fsp3) is 0.290. The molecule has 2 atom stereocenters. The molecule has 200 valence electrons. The molecule has 0 spiro atoms. The largest absolute Gasteiger partial charge is 0.493 e. The minimum Gasteiger partial charge on any atom is -0.493 e. The van der Waals surface area contributed by atoms with Crippen LogP contribution in [-0.4, -0.2) is 37.5 Å². The van der Waals surface area contributed by atoms with Crippen molar-refractivity contribution in [2.24, 2.45) is 22.0 Å². The maximum Gasteiger partial charge on any atom is 0.256 e. The van der Waals surface area contributed by atoms with Crippen LogP contribution in [0.5, 0.6) is 11.5 Å². The first-order chi connectivity index (χ1) is 19.0. The number of anilines is 2. The lowest BCUT2D eigenvalue weighted by Gasteiger charge is -2.30. The summed E-state index contributed by atoms with van der Waals surface area (Å²) in [6, 6.07) is 24.3. The molecule has 0 radical (unpaired) electrons. The van der Waals surface area contributed by atoms with Gasteiger partial charge in [-0.05, 0) is 54.8 Å². The van der Waals surface area contributed by atoms with Crippen LogP contribution in [0.2, 0.25) is 0 Å². The zero-order valence-electron chi connectivity index (χ0n) is 22.6. The lowest BCUT2D eigenvalue weighted by Crippen LogP contribution is -2.40. The number of hydrogen-bond acceptors (Lipinski definition) is 6. The quantitative estimate of drug-likeness (QED) is 0.362. The van der Waals surface area contributed by atoms with E-state index in [-0.39, 0.29) is 11.8 Å². The minimum absolute atomic E-state index is 0.167. The number of carbonyl (C=O) groups excluding carboxylic acids is 2. The van der Waals surface area contributed by atoms with Gasteiger partial charge in [-0.15, -0.1) is 0 Å². The standard InChI is InChI=1S/C31H32N4O4/c1-5-23-28(30(36)34(32-23)21-13-9-7-10-14-21)27(20-17-18-25(38-3)26(19-20)39-4)29-24(6-2)33-35(31(29)37)22-15-11-8-12-16-22/h7-19,27-29H,5-6H2,1-4H3. The molecule has 0 saturated carbocycles. The predicted molar refractivity (Wildman–Crippen MR) is 153 cm³/mol. The van der Waals surface area contributed by atoms with Gasteiger partial charge in [-0.25, -0.2) is 10.0 Å². The zero-order valence-corrected chi connectivity index (χ0v) is 22.6. The van der Waals surface area contributed by atoms with Crippen molar-refractivity contribution >= 4 is 34.6 Å². The molecule has 0 saturated heterocycles. The fourth-order valence-electron chi connectivity index (χ4n) is 5.48. The number of nitrogens with zero attached hydrogens (tertiary/aromatic N) is 4. The number of methoxy groups -OCH3 is 2. The summed E-state index contributed by atoms with van der Waals surface area (Å²) in [6.45, 7) is 3.97. The Balaban J connectivity index is 1.65. The van der Waals surface area contributed by atoms with Gasteiger partial charge in [0.2, 0.25) is 0 Å². The van der Waals surface area contributed by atoms with E-state index in [4.69, 9.17) is 19.7 Å². The van der Waals surface area contributed by atoms with Crippen molar-refractivity contribution in [2.75, 3.05) is 24.2 Å². The second-order valence-electron chi connectivity index (χ2n) is 9.46. The van der Waals surface area contributed by atoms with Crippen molar-refractivity contribution in [3.05, 3.63) is 84.4 Å². The van der Waals surface area contributed by atoms with Crippen molar-refractivity contribution in [1.82, 2.24) is 0 Å². The fourth-order valence-corrected chi connectivity index (χ4v) is 5.48. The molecule has 0 bridgehead atoms. The van der Waals surface area contributed by atoms with Crippen molar-refractivity contribution < 1.29 is 19.1 Å². The average molecular weight is 525 g/mol. The van der Waals surface area contributed by atoms with Gasteiger partial charge in [-0.1, -0.05) is 56.3 Å². The molecule has 2 aliphatic heterocycles. The van der Waals surface area contributed by atoms with Gasteiger partial charge in [-0.2, -0.15) is 10.2 Å². The van der Waals surface area contributed by atoms with E-state index in [1.165, 1.54) is 10.0 Å². The first kappa shape index (κ1) is 26.2. The first-order valence-corrected chi connectivity index (χ1v) is 13.2. The highest BCUT2D eigenvalue weighted by Crippen LogP contribution is 2.45. The molecule has 0 fully saturated rings. The van der Waals surface area contributed by atoms with Gasteiger partial charge < -0.3 is 9.47 Å². The monoisotopic (exact) mass is 524 g/mol. The molecule has 0 aromatic heterocycles. The number of benzene rings is 3. The van der Waals surface area contributed by atoms with E-state index in [9.17, 15) is 9.59 Å². The summed E-state index contributed by atoms with van der Waals surface area (Å²) in [5.41, 5.74) is 3.62. The van der Waals surface area contributed by atoms with Crippen LogP contribution in [0.15, 0.2) is 89.1 Å². The summed E-state index contributed by atoms with van der Waals surface area (Å²) in [6.07, 6.45) is 1.12. The Labute approximate surface area is 228 Å². The smallest absolute Gasteiger partial charge is 0.256 e. The van der Waals surface area contributed by atoms with Gasteiger partial charge in [0.25, 0.3) is 11.8 Å². The highest BCUT2D eigenvalue weighted by atomic mass is 16.5. The number of ether oxygens (including phenoxy) is 2. The molecular weight excluding hydrogens is 492 g/mol. The van der Waals surface area contributed by atoms with Crippen LogP contribution in [0.25, 0.3) is 0 Å². The molecule has 8 nitrogen and oxygen atoms in total. The number of amides is 2. The molecule has 0 N–H and O–H groups in total. The van der Waals surface area contributed by atoms with Crippen molar-refractivity contribution in [1.29, 1.82) is 0 Å². The van der Waals surface area contributed by atoms with E-state index in [1.54, 1.807) is 14.2 Å². The molecule has 2 heterocycles. The third-order valence-corrected chi connectivity index (χ3v) is 7.36. The van der Waals surface area contributed by atoms with Crippen molar-refractivity contribution in [3.63, 3.8) is 0 Å². The molecule has 2 amide bonds. The Hall–Kier alpha value is -4.46. The van der Waals surface area contributed by atoms with E-state index >= 15 is 0 Å². The van der Waals surface area contributed by atoms with Crippen LogP contribution in [0.4, 0.5) is 11.4 Å². The summed E-state index contributed by atoms with van der Waals surface area (Å²) in [7, 11) is 3.15. The van der Waals surface area contributed by atoms with Crippen LogP contribution in [-0.2, 0) is 9.59 Å². The third kappa shape index (κ3) is 4.67. The number of hydrogen-bond donors (Lipinski definition) is 0. The van der Waals surface area contributed by atoms with Crippen LogP contribution in [0.1, 0.15) is 38.2 Å². The van der Waals surface area contributed by atoms with E-state index in [1.807, 2.05) is 92.7 Å². The molecule has 2 aliphatic rings. The number of para-hydroxylation sites is 2. The summed E-state index contributed by atoms with van der Waals surface area (Å²) < 4.78 is 11.1. The molecule has 3 aromatic rings. The van der Waals surface area contributed by atoms with Gasteiger partial charge in [-0.3, -0.25) is 9.59 Å². The molecule has 5 rings (SSSR count). The second kappa shape index (κ2) is 11.1. The minimum atomic E-state index is -0.658. The highest BCUT2D eigenvalue weighted by molar-refractivity contribution is 6.20. The van der Waals surface area contributed by atoms with Gasteiger partial charge in [0.15, 0.2) is 11.5 Å². The van der Waals surface area contributed by atoms with Crippen LogP contribution < -0.4 is 19.5 Å². The molecule has 2 unspecified atom stereocenters. The number of carbonyl (C=O) groups is 2. The molecule has 3 aromatic carbocycles. The first-order valence-electron chi connectivity index (χ1n) is 13.2. The van der Waals surface area contributed by atoms with Gasteiger partial charge in [0, 0.05) is 5.92 Å². The third-order valence-electron chi connectivity index (χ3n) is 7.36. The van der Waals surface area contributed by atoms with E-state index in [0.717, 1.165) is 17.0 Å². The Morgan fingerprint density at radius 1 is 0.692 bits per heavy atom.